The van der Waals surface area contributed by atoms with E-state index in [0.717, 1.165) is 36.7 Å². The Morgan fingerprint density at radius 3 is 2.38 bits per heavy atom. The minimum atomic E-state index is -4.63. The maximum Gasteiger partial charge on any atom is 0.337 e. The molecule has 9 heteroatoms. The van der Waals surface area contributed by atoms with Gasteiger partial charge in [0.1, 0.15) is 11.6 Å². The second-order valence-corrected chi connectivity index (χ2v) is 5.50. The van der Waals surface area contributed by atoms with Crippen LogP contribution in [0.5, 0.6) is 0 Å². The fraction of sp³-hybridized carbons (Fsp3) is 0. The highest BCUT2D eigenvalue weighted by Gasteiger charge is 2.25. The molecule has 0 fully saturated rings. The Kier molecular flexibility index (Phi) is 3.85. The van der Waals surface area contributed by atoms with Crippen molar-refractivity contribution in [2.75, 3.05) is 4.72 Å². The van der Waals surface area contributed by atoms with Gasteiger partial charge in [0.15, 0.2) is 4.90 Å². The highest BCUT2D eigenvalue weighted by Crippen LogP contribution is 2.23. The number of anilines is 1. The number of aromatic carboxylic acids is 1. The number of sulfonamides is 1. The van der Waals surface area contributed by atoms with E-state index in [1.54, 1.807) is 0 Å². The molecule has 2 N–H and O–H groups in total. The number of carbonyl (C=O) groups is 1. The molecule has 0 unspecified atom stereocenters. The molecule has 2 rings (SSSR count). The van der Waals surface area contributed by atoms with Crippen molar-refractivity contribution < 1.29 is 27.1 Å². The molecule has 0 aliphatic heterocycles. The third-order valence-electron chi connectivity index (χ3n) is 2.48. The fourth-order valence-electron chi connectivity index (χ4n) is 1.60. The van der Waals surface area contributed by atoms with Crippen LogP contribution in [0.2, 0.25) is 0 Å². The molecule has 1 aromatic heterocycles. The van der Waals surface area contributed by atoms with Crippen LogP contribution in [-0.2, 0) is 10.0 Å². The Bertz CT molecular complexity index is 788. The summed E-state index contributed by atoms with van der Waals surface area (Å²) in [6, 6.07) is 3.62. The first-order valence-electron chi connectivity index (χ1n) is 5.47. The van der Waals surface area contributed by atoms with E-state index in [4.69, 9.17) is 5.11 Å². The summed E-state index contributed by atoms with van der Waals surface area (Å²) in [6.07, 6.45) is 2.07. The summed E-state index contributed by atoms with van der Waals surface area (Å²) >= 11 is 0. The van der Waals surface area contributed by atoms with Crippen LogP contribution in [0.15, 0.2) is 41.6 Å². The molecule has 110 valence electrons. The summed E-state index contributed by atoms with van der Waals surface area (Å²) in [5.74, 6) is -3.99. The minimum absolute atomic E-state index is 0.396. The summed E-state index contributed by atoms with van der Waals surface area (Å²) in [5, 5.41) is 8.93. The Morgan fingerprint density at radius 1 is 1.19 bits per heavy atom. The van der Waals surface area contributed by atoms with Gasteiger partial charge in [0.25, 0.3) is 10.0 Å². The second kappa shape index (κ2) is 5.44. The van der Waals surface area contributed by atoms with Gasteiger partial charge in [-0.1, -0.05) is 6.07 Å². The average Bonchev–Trinajstić information content (AvgIpc) is 2.37. The minimum Gasteiger partial charge on any atom is -0.478 e. The predicted octanol–water partition coefficient (Wildman–Crippen LogP) is 1.86. The zero-order chi connectivity index (χ0) is 15.6. The number of nitrogens with zero attached hydrogens (tertiary/aromatic N) is 1. The number of halogens is 2. The Hall–Kier alpha value is -2.55. The van der Waals surface area contributed by atoms with Gasteiger partial charge in [-0.2, -0.15) is 0 Å². The molecular formula is C12H8F2N2O4S. The molecule has 0 atom stereocenters. The molecule has 0 saturated heterocycles. The molecule has 0 aliphatic rings. The van der Waals surface area contributed by atoms with Crippen molar-refractivity contribution in [3.8, 4) is 0 Å². The van der Waals surface area contributed by atoms with Gasteiger partial charge >= 0.3 is 5.97 Å². The lowest BCUT2D eigenvalue weighted by molar-refractivity contribution is 0.0698. The number of carboxylic acids is 1. The molecule has 0 radical (unpaired) electrons. The van der Waals surface area contributed by atoms with Crippen LogP contribution in [0.3, 0.4) is 0 Å². The lowest BCUT2D eigenvalue weighted by Crippen LogP contribution is -2.18. The SMILES string of the molecule is O=C(O)c1ccncc1NS(=O)(=O)c1c(F)cccc1F. The van der Waals surface area contributed by atoms with Crippen LogP contribution in [0, 0.1) is 11.6 Å². The van der Waals surface area contributed by atoms with E-state index in [9.17, 15) is 22.0 Å². The van der Waals surface area contributed by atoms with Crippen LogP contribution in [0.25, 0.3) is 0 Å². The molecule has 0 saturated carbocycles. The largest absolute Gasteiger partial charge is 0.478 e. The van der Waals surface area contributed by atoms with E-state index < -0.39 is 43.8 Å². The zero-order valence-electron chi connectivity index (χ0n) is 10.2. The average molecular weight is 314 g/mol. The quantitative estimate of drug-likeness (QED) is 0.898. The van der Waals surface area contributed by atoms with E-state index in [1.165, 1.54) is 0 Å². The number of carboxylic acid groups (broad SMARTS) is 1. The first-order chi connectivity index (χ1) is 9.83. The zero-order valence-corrected chi connectivity index (χ0v) is 11.1. The fourth-order valence-corrected chi connectivity index (χ4v) is 2.80. The second-order valence-electron chi connectivity index (χ2n) is 3.88. The van der Waals surface area contributed by atoms with Crippen molar-refractivity contribution in [2.45, 2.75) is 4.90 Å². The highest BCUT2D eigenvalue weighted by molar-refractivity contribution is 7.92. The monoisotopic (exact) mass is 314 g/mol. The number of pyridine rings is 1. The molecule has 0 aliphatic carbocycles. The highest BCUT2D eigenvalue weighted by atomic mass is 32.2. The molecule has 1 aromatic carbocycles. The number of hydrogen-bond acceptors (Lipinski definition) is 4. The summed E-state index contributed by atoms with van der Waals surface area (Å²) in [6.45, 7) is 0. The van der Waals surface area contributed by atoms with Gasteiger partial charge in [0.2, 0.25) is 0 Å². The van der Waals surface area contributed by atoms with Gasteiger partial charge in [-0.05, 0) is 18.2 Å². The maximum absolute atomic E-state index is 13.5. The van der Waals surface area contributed by atoms with Gasteiger partial charge in [-0.25, -0.2) is 22.0 Å². The van der Waals surface area contributed by atoms with Gasteiger partial charge in [-0.15, -0.1) is 0 Å². The van der Waals surface area contributed by atoms with Crippen molar-refractivity contribution in [3.05, 3.63) is 53.9 Å². The number of benzene rings is 1. The van der Waals surface area contributed by atoms with E-state index in [2.05, 4.69) is 4.98 Å². The molecule has 0 amide bonds. The summed E-state index contributed by atoms with van der Waals surface area (Å²) in [4.78, 5) is 13.4. The van der Waals surface area contributed by atoms with Gasteiger partial charge in [0, 0.05) is 6.20 Å². The van der Waals surface area contributed by atoms with E-state index in [-0.39, 0.29) is 0 Å². The third kappa shape index (κ3) is 2.97. The Morgan fingerprint density at radius 2 is 1.81 bits per heavy atom. The van der Waals surface area contributed by atoms with Crippen LogP contribution in [0.4, 0.5) is 14.5 Å². The van der Waals surface area contributed by atoms with Crippen molar-refractivity contribution in [2.24, 2.45) is 0 Å². The van der Waals surface area contributed by atoms with Crippen LogP contribution < -0.4 is 4.72 Å². The normalized spacial score (nSPS) is 11.1. The van der Waals surface area contributed by atoms with E-state index >= 15 is 0 Å². The summed E-state index contributed by atoms with van der Waals surface area (Å²) < 4.78 is 52.9. The molecule has 2 aromatic rings. The first kappa shape index (κ1) is 14.9. The van der Waals surface area contributed by atoms with Crippen molar-refractivity contribution >= 4 is 21.7 Å². The molecule has 0 bridgehead atoms. The smallest absolute Gasteiger partial charge is 0.337 e. The van der Waals surface area contributed by atoms with Crippen molar-refractivity contribution in [3.63, 3.8) is 0 Å². The molecule has 0 spiro atoms. The summed E-state index contributed by atoms with van der Waals surface area (Å²) in [7, 11) is -4.63. The molecule has 21 heavy (non-hydrogen) atoms. The number of rotatable bonds is 4. The number of aromatic nitrogens is 1. The van der Waals surface area contributed by atoms with E-state index in [1.807, 2.05) is 4.72 Å². The van der Waals surface area contributed by atoms with E-state index in [0.29, 0.717) is 0 Å². The molecule has 1 heterocycles. The maximum atomic E-state index is 13.5. The third-order valence-corrected chi connectivity index (χ3v) is 3.90. The lowest BCUT2D eigenvalue weighted by atomic mass is 10.2. The Balaban J connectivity index is 2.51. The topological polar surface area (TPSA) is 96.4 Å². The number of hydrogen-bond donors (Lipinski definition) is 2. The van der Waals surface area contributed by atoms with Crippen LogP contribution in [0.1, 0.15) is 10.4 Å². The molecular weight excluding hydrogens is 306 g/mol. The van der Waals surface area contributed by atoms with Crippen LogP contribution in [-0.4, -0.2) is 24.5 Å². The number of nitrogens with one attached hydrogen (secondary N) is 1. The Labute approximate surface area is 118 Å². The van der Waals surface area contributed by atoms with Gasteiger partial charge in [0.05, 0.1) is 17.4 Å². The lowest BCUT2D eigenvalue weighted by Gasteiger charge is -2.11. The van der Waals surface area contributed by atoms with Crippen molar-refractivity contribution in [1.29, 1.82) is 0 Å². The summed E-state index contributed by atoms with van der Waals surface area (Å²) in [5.41, 5.74) is -0.794. The molecule has 6 nitrogen and oxygen atoms in total. The van der Waals surface area contributed by atoms with Gasteiger partial charge < -0.3 is 5.11 Å². The van der Waals surface area contributed by atoms with Crippen molar-refractivity contribution in [1.82, 2.24) is 4.98 Å². The van der Waals surface area contributed by atoms with Gasteiger partial charge in [-0.3, -0.25) is 9.71 Å². The van der Waals surface area contributed by atoms with Crippen LogP contribution >= 0.6 is 0 Å². The predicted molar refractivity (Wildman–Crippen MR) is 68.4 cm³/mol. The first-order valence-corrected chi connectivity index (χ1v) is 6.95. The standard InChI is InChI=1S/C12H8F2N2O4S/c13-8-2-1-3-9(14)11(8)21(19,20)16-10-6-15-5-4-7(10)12(17)18/h1-6,16H,(H,17,18).